The van der Waals surface area contributed by atoms with Crippen molar-refractivity contribution in [2.45, 2.75) is 8.28 Å². The molecule has 15 heteroatoms. The fraction of sp³-hybridized carbons (Fsp3) is 0.286. The zero-order valence-electron chi connectivity index (χ0n) is 10.1. The quantitative estimate of drug-likeness (QED) is 0.183. The number of hydrogen-bond donors (Lipinski definition) is 7. The summed E-state index contributed by atoms with van der Waals surface area (Å²) in [6, 6.07) is 1.14. The van der Waals surface area contributed by atoms with Crippen molar-refractivity contribution in [2.75, 3.05) is 0 Å². The Kier molecular flexibility index (Phi) is 4.48. The first kappa shape index (κ1) is 18.9. The molecule has 0 unspecified atom stereocenters. The SMILES string of the molecule is O=C(O)C(S)(S)C(n1c(O)ccc1O)(S(=O)(=O)O)S(=O)(=O)O. The van der Waals surface area contributed by atoms with Crippen LogP contribution in [0.4, 0.5) is 0 Å². The summed E-state index contributed by atoms with van der Waals surface area (Å²) in [5.41, 5.74) is 0. The maximum absolute atomic E-state index is 11.7. The van der Waals surface area contributed by atoms with Gasteiger partial charge in [-0.25, -0.2) is 9.36 Å². The predicted molar refractivity (Wildman–Crippen MR) is 77.2 cm³/mol. The number of aromatic nitrogens is 1. The van der Waals surface area contributed by atoms with Crippen LogP contribution in [0.5, 0.6) is 11.8 Å². The zero-order valence-corrected chi connectivity index (χ0v) is 13.5. The van der Waals surface area contributed by atoms with E-state index in [0.29, 0.717) is 12.1 Å². The lowest BCUT2D eigenvalue weighted by atomic mass is 10.4. The van der Waals surface area contributed by atoms with Crippen LogP contribution in [0.1, 0.15) is 0 Å². The van der Waals surface area contributed by atoms with Gasteiger partial charge in [-0.1, -0.05) is 0 Å². The van der Waals surface area contributed by atoms with Crippen LogP contribution in [0.25, 0.3) is 0 Å². The van der Waals surface area contributed by atoms with Crippen molar-refractivity contribution in [2.24, 2.45) is 0 Å². The molecule has 1 heterocycles. The van der Waals surface area contributed by atoms with Crippen molar-refractivity contribution in [3.05, 3.63) is 12.1 Å². The summed E-state index contributed by atoms with van der Waals surface area (Å²) in [6.07, 6.45) is 0. The standard InChI is InChI=1S/C7H9NO10S4/c9-3-1-2-4(10)8(3)7(21(13,14)15,22(16,17)18)6(19,20)5(11)12/h1-2,9-10,19-20H,(H,11,12)(H,13,14,15)(H,16,17,18). The molecule has 22 heavy (non-hydrogen) atoms. The molecule has 11 nitrogen and oxygen atoms in total. The van der Waals surface area contributed by atoms with Gasteiger partial charge in [-0.2, -0.15) is 16.8 Å². The third-order valence-corrected chi connectivity index (χ3v) is 7.85. The number of aromatic hydroxyl groups is 2. The van der Waals surface area contributed by atoms with E-state index in [1.165, 1.54) is 0 Å². The topological polar surface area (TPSA) is 191 Å². The van der Waals surface area contributed by atoms with Gasteiger partial charge >= 0.3 is 30.4 Å². The molecular weight excluding hydrogens is 386 g/mol. The van der Waals surface area contributed by atoms with Crippen molar-refractivity contribution in [1.82, 2.24) is 4.57 Å². The minimum atomic E-state index is -6.08. The van der Waals surface area contributed by atoms with Gasteiger partial charge in [0, 0.05) is 12.1 Å². The molecule has 0 fully saturated rings. The summed E-state index contributed by atoms with van der Waals surface area (Å²) in [5.74, 6) is -4.97. The first-order valence-electron chi connectivity index (χ1n) is 4.84. The highest BCUT2D eigenvalue weighted by molar-refractivity contribution is 8.10. The molecule has 126 valence electrons. The van der Waals surface area contributed by atoms with Gasteiger partial charge in [0.15, 0.2) is 11.8 Å². The summed E-state index contributed by atoms with van der Waals surface area (Å²) < 4.78 is 57.0. The lowest BCUT2D eigenvalue weighted by Gasteiger charge is -2.37. The Morgan fingerprint density at radius 2 is 1.32 bits per heavy atom. The van der Waals surface area contributed by atoms with E-state index in [2.05, 4.69) is 25.3 Å². The smallest absolute Gasteiger partial charge is 0.337 e. The second kappa shape index (κ2) is 5.20. The van der Waals surface area contributed by atoms with Crippen LogP contribution in [0.2, 0.25) is 0 Å². The highest BCUT2D eigenvalue weighted by Gasteiger charge is 2.73. The van der Waals surface area contributed by atoms with E-state index >= 15 is 0 Å². The van der Waals surface area contributed by atoms with Gasteiger partial charge in [-0.15, -0.1) is 25.3 Å². The van der Waals surface area contributed by atoms with Crippen LogP contribution in [0.15, 0.2) is 12.1 Å². The van der Waals surface area contributed by atoms with Crippen molar-refractivity contribution >= 4 is 51.5 Å². The van der Waals surface area contributed by atoms with Crippen molar-refractivity contribution in [3.8, 4) is 11.8 Å². The summed E-state index contributed by atoms with van der Waals surface area (Å²) >= 11 is 6.55. The van der Waals surface area contributed by atoms with E-state index < -0.39 is 50.8 Å². The number of aliphatic carboxylic acids is 1. The number of nitrogens with zero attached hydrogens (tertiary/aromatic N) is 1. The Morgan fingerprint density at radius 1 is 1.00 bits per heavy atom. The normalized spacial score (nSPS) is 14.0. The molecule has 1 rings (SSSR count). The molecule has 0 aliphatic heterocycles. The van der Waals surface area contributed by atoms with Gasteiger partial charge in [-0.05, 0) is 0 Å². The van der Waals surface area contributed by atoms with E-state index in [9.17, 15) is 40.9 Å². The molecule has 0 saturated carbocycles. The van der Waals surface area contributed by atoms with Crippen LogP contribution in [0.3, 0.4) is 0 Å². The molecule has 0 radical (unpaired) electrons. The van der Waals surface area contributed by atoms with Gasteiger partial charge in [0.25, 0.3) is 0 Å². The molecule has 0 atom stereocenters. The van der Waals surface area contributed by atoms with Gasteiger partial charge in [-0.3, -0.25) is 9.11 Å². The fourth-order valence-corrected chi connectivity index (χ4v) is 6.11. The Bertz CT molecular complexity index is 768. The fourth-order valence-electron chi connectivity index (χ4n) is 1.73. The molecule has 0 saturated heterocycles. The average Bonchev–Trinajstić information content (AvgIpc) is 2.57. The van der Waals surface area contributed by atoms with Gasteiger partial charge in [0.1, 0.15) is 0 Å². The lowest BCUT2D eigenvalue weighted by Crippen LogP contribution is -2.62. The average molecular weight is 395 g/mol. The molecule has 0 bridgehead atoms. The van der Waals surface area contributed by atoms with E-state index in [4.69, 9.17) is 5.11 Å². The second-order valence-corrected chi connectivity index (χ2v) is 8.93. The molecule has 0 aromatic carbocycles. The Hall–Kier alpha value is -1.13. The van der Waals surface area contributed by atoms with Crippen molar-refractivity contribution in [1.29, 1.82) is 0 Å². The lowest BCUT2D eigenvalue weighted by molar-refractivity contribution is -0.138. The molecule has 5 N–H and O–H groups in total. The number of thiol groups is 2. The van der Waals surface area contributed by atoms with Crippen molar-refractivity contribution in [3.63, 3.8) is 0 Å². The Labute approximate surface area is 134 Å². The summed E-state index contributed by atoms with van der Waals surface area (Å²) in [4.78, 5) is 11.2. The number of carboxylic acids is 1. The number of carbonyl (C=O) groups is 1. The third kappa shape index (κ3) is 2.33. The monoisotopic (exact) mass is 395 g/mol. The molecule has 1 aromatic heterocycles. The van der Waals surface area contributed by atoms with E-state index in [1.807, 2.05) is 0 Å². The predicted octanol–water partition coefficient (Wildman–Crippen LogP) is -1.07. The van der Waals surface area contributed by atoms with Crippen LogP contribution < -0.4 is 0 Å². The highest BCUT2D eigenvalue weighted by Crippen LogP contribution is 2.50. The Morgan fingerprint density at radius 3 is 1.55 bits per heavy atom. The van der Waals surface area contributed by atoms with Gasteiger partial charge in [0.05, 0.1) is 0 Å². The molecule has 0 spiro atoms. The minimum absolute atomic E-state index is 0.453. The van der Waals surface area contributed by atoms with Crippen LogP contribution >= 0.6 is 25.3 Å². The van der Waals surface area contributed by atoms with E-state index in [1.54, 1.807) is 0 Å². The maximum atomic E-state index is 11.7. The molecule has 0 amide bonds. The van der Waals surface area contributed by atoms with E-state index in [-0.39, 0.29) is 0 Å². The minimum Gasteiger partial charge on any atom is -0.494 e. The number of rotatable bonds is 5. The second-order valence-electron chi connectivity index (χ2n) is 3.89. The van der Waals surface area contributed by atoms with Gasteiger partial charge < -0.3 is 15.3 Å². The molecule has 1 aromatic rings. The summed E-state index contributed by atoms with van der Waals surface area (Å²) in [6.45, 7) is 0. The van der Waals surface area contributed by atoms with Gasteiger partial charge in [0.2, 0.25) is 4.08 Å². The van der Waals surface area contributed by atoms with Crippen molar-refractivity contribution < 1.29 is 46.1 Å². The van der Waals surface area contributed by atoms with E-state index in [0.717, 1.165) is 0 Å². The largest absolute Gasteiger partial charge is 0.494 e. The van der Waals surface area contributed by atoms with Crippen LogP contribution in [-0.4, -0.2) is 55.9 Å². The molecule has 0 aliphatic rings. The van der Waals surface area contributed by atoms with Crippen LogP contribution in [-0.2, 0) is 29.2 Å². The number of carboxylic acid groups (broad SMARTS) is 1. The molecular formula is C7H9NO10S4. The third-order valence-electron chi connectivity index (χ3n) is 2.57. The number of hydrogen-bond acceptors (Lipinski definition) is 9. The summed E-state index contributed by atoms with van der Waals surface area (Å²) in [5, 5.41) is 28.1. The molecule has 0 aliphatic carbocycles. The first-order chi connectivity index (χ1) is 9.62. The zero-order chi connectivity index (χ0) is 17.7. The maximum Gasteiger partial charge on any atom is 0.337 e. The highest BCUT2D eigenvalue weighted by atomic mass is 32.3. The summed E-state index contributed by atoms with van der Waals surface area (Å²) in [7, 11) is -12.2. The first-order valence-corrected chi connectivity index (χ1v) is 8.62. The Balaban J connectivity index is 4.27. The van der Waals surface area contributed by atoms with Crippen LogP contribution in [0, 0.1) is 0 Å².